The second-order valence-corrected chi connectivity index (χ2v) is 8.81. The third kappa shape index (κ3) is 7.68. The highest BCUT2D eigenvalue weighted by atomic mass is 16.4. The van der Waals surface area contributed by atoms with Gasteiger partial charge in [-0.15, -0.1) is 0 Å². The van der Waals surface area contributed by atoms with Crippen LogP contribution in [0.3, 0.4) is 0 Å². The highest BCUT2D eigenvalue weighted by Gasteiger charge is 2.19. The monoisotopic (exact) mass is 293 g/mol. The number of aromatic nitrogens is 1. The summed E-state index contributed by atoms with van der Waals surface area (Å²) in [6.07, 6.45) is 9.12. The maximum Gasteiger partial charge on any atom is 0.194 e. The Balaban J connectivity index is 2.49. The molecule has 1 unspecified atom stereocenters. The van der Waals surface area contributed by atoms with Crippen molar-refractivity contribution in [1.82, 2.24) is 4.98 Å². The van der Waals surface area contributed by atoms with Gasteiger partial charge < -0.3 is 4.42 Å². The number of rotatable bonds is 7. The van der Waals surface area contributed by atoms with Gasteiger partial charge in [0.1, 0.15) is 5.76 Å². The van der Waals surface area contributed by atoms with Crippen molar-refractivity contribution in [2.75, 3.05) is 0 Å². The van der Waals surface area contributed by atoms with Crippen LogP contribution < -0.4 is 0 Å². The van der Waals surface area contributed by atoms with Crippen LogP contribution in [0, 0.1) is 10.8 Å². The minimum Gasteiger partial charge on any atom is -0.445 e. The van der Waals surface area contributed by atoms with Crippen molar-refractivity contribution in [3.63, 3.8) is 0 Å². The van der Waals surface area contributed by atoms with Crippen LogP contribution in [0.1, 0.15) is 98.1 Å². The van der Waals surface area contributed by atoms with Crippen molar-refractivity contribution < 1.29 is 4.42 Å². The lowest BCUT2D eigenvalue weighted by atomic mass is 9.88. The first-order chi connectivity index (χ1) is 9.61. The summed E-state index contributed by atoms with van der Waals surface area (Å²) in [5.41, 5.74) is 0.685. The first kappa shape index (κ1) is 18.3. The summed E-state index contributed by atoms with van der Waals surface area (Å²) in [6, 6.07) is 0. The molecule has 0 fully saturated rings. The molecule has 0 saturated heterocycles. The molecule has 21 heavy (non-hydrogen) atoms. The number of unbranched alkanes of at least 4 members (excludes halogenated alkanes) is 1. The molecule has 0 aromatic carbocycles. The van der Waals surface area contributed by atoms with Crippen LogP contribution in [0.2, 0.25) is 0 Å². The molecule has 1 heterocycles. The number of oxazole rings is 1. The maximum absolute atomic E-state index is 6.00. The van der Waals surface area contributed by atoms with E-state index in [9.17, 15) is 0 Å². The summed E-state index contributed by atoms with van der Waals surface area (Å²) in [6.45, 7) is 15.9. The van der Waals surface area contributed by atoms with Crippen LogP contribution >= 0.6 is 0 Å². The molecule has 1 atom stereocenters. The molecule has 2 nitrogen and oxygen atoms in total. The number of hydrogen-bond acceptors (Lipinski definition) is 2. The summed E-state index contributed by atoms with van der Waals surface area (Å²) in [4.78, 5) is 4.47. The van der Waals surface area contributed by atoms with Gasteiger partial charge >= 0.3 is 0 Å². The third-order valence-corrected chi connectivity index (χ3v) is 3.88. The Morgan fingerprint density at radius 2 is 1.71 bits per heavy atom. The molecule has 0 bridgehead atoms. The Kier molecular flexibility index (Phi) is 6.49. The summed E-state index contributed by atoms with van der Waals surface area (Å²) in [7, 11) is 0. The van der Waals surface area contributed by atoms with Gasteiger partial charge in [0.2, 0.25) is 0 Å². The Bertz CT molecular complexity index is 406. The molecular formula is C19H35NO. The summed E-state index contributed by atoms with van der Waals surface area (Å²) >= 11 is 0. The lowest BCUT2D eigenvalue weighted by Crippen LogP contribution is -2.09. The summed E-state index contributed by atoms with van der Waals surface area (Å²) in [5, 5.41) is 0. The van der Waals surface area contributed by atoms with Gasteiger partial charge in [-0.2, -0.15) is 0 Å². The zero-order valence-corrected chi connectivity index (χ0v) is 15.3. The molecular weight excluding hydrogens is 258 g/mol. The molecule has 0 N–H and O–H groups in total. The standard InChI is InChI=1S/C19H35NO/c1-8-15(11-9-10-12-18(2,3)4)16-14-20-17(21-16)13-19(5,6)7/h14-15H,8-13H2,1-7H3. The average Bonchev–Trinajstić information content (AvgIpc) is 2.73. The van der Waals surface area contributed by atoms with Crippen LogP contribution in [0.25, 0.3) is 0 Å². The SMILES string of the molecule is CCC(CCCCC(C)(C)C)c1cnc(CC(C)(C)C)o1. The normalized spacial score (nSPS) is 14.4. The lowest BCUT2D eigenvalue weighted by molar-refractivity contribution is 0.327. The first-order valence-corrected chi connectivity index (χ1v) is 8.55. The molecule has 0 amide bonds. The molecule has 1 aromatic heterocycles. The predicted molar refractivity (Wildman–Crippen MR) is 90.6 cm³/mol. The molecule has 0 radical (unpaired) electrons. The van der Waals surface area contributed by atoms with E-state index in [1.165, 1.54) is 25.7 Å². The fraction of sp³-hybridized carbons (Fsp3) is 0.842. The molecule has 0 aliphatic rings. The van der Waals surface area contributed by atoms with E-state index in [1.807, 2.05) is 6.20 Å². The Morgan fingerprint density at radius 1 is 1.05 bits per heavy atom. The van der Waals surface area contributed by atoms with E-state index in [2.05, 4.69) is 53.5 Å². The van der Waals surface area contributed by atoms with Crippen LogP contribution in [0.5, 0.6) is 0 Å². The molecule has 1 aromatic rings. The Hall–Kier alpha value is -0.790. The van der Waals surface area contributed by atoms with Crippen molar-refractivity contribution in [3.8, 4) is 0 Å². The van der Waals surface area contributed by atoms with Gasteiger partial charge in [-0.3, -0.25) is 0 Å². The van der Waals surface area contributed by atoms with Gasteiger partial charge in [0.05, 0.1) is 6.20 Å². The van der Waals surface area contributed by atoms with E-state index < -0.39 is 0 Å². The molecule has 0 aliphatic heterocycles. The summed E-state index contributed by atoms with van der Waals surface area (Å²) < 4.78 is 6.00. The van der Waals surface area contributed by atoms with Crippen LogP contribution in [0.4, 0.5) is 0 Å². The van der Waals surface area contributed by atoms with E-state index in [4.69, 9.17) is 4.42 Å². The van der Waals surface area contributed by atoms with Gasteiger partial charge in [-0.05, 0) is 30.1 Å². The minimum atomic E-state index is 0.233. The van der Waals surface area contributed by atoms with E-state index >= 15 is 0 Å². The van der Waals surface area contributed by atoms with Crippen LogP contribution in [-0.2, 0) is 6.42 Å². The van der Waals surface area contributed by atoms with Gasteiger partial charge in [0, 0.05) is 12.3 Å². The molecule has 122 valence electrons. The van der Waals surface area contributed by atoms with E-state index in [0.29, 0.717) is 11.3 Å². The Morgan fingerprint density at radius 3 is 2.24 bits per heavy atom. The van der Waals surface area contributed by atoms with Crippen molar-refractivity contribution in [1.29, 1.82) is 0 Å². The molecule has 1 rings (SSSR count). The van der Waals surface area contributed by atoms with E-state index in [1.54, 1.807) is 0 Å². The zero-order chi connectivity index (χ0) is 16.1. The highest BCUT2D eigenvalue weighted by molar-refractivity contribution is 5.02. The second kappa shape index (κ2) is 7.47. The highest BCUT2D eigenvalue weighted by Crippen LogP contribution is 2.30. The predicted octanol–water partition coefficient (Wildman–Crippen LogP) is 6.36. The van der Waals surface area contributed by atoms with E-state index in [0.717, 1.165) is 24.5 Å². The minimum absolute atomic E-state index is 0.233. The lowest BCUT2D eigenvalue weighted by Gasteiger charge is -2.18. The maximum atomic E-state index is 6.00. The van der Waals surface area contributed by atoms with Gasteiger partial charge in [-0.1, -0.05) is 61.3 Å². The average molecular weight is 293 g/mol. The van der Waals surface area contributed by atoms with Crippen molar-refractivity contribution in [3.05, 3.63) is 17.8 Å². The van der Waals surface area contributed by atoms with Crippen molar-refractivity contribution >= 4 is 0 Å². The fourth-order valence-corrected chi connectivity index (χ4v) is 2.64. The Labute approximate surface area is 131 Å². The van der Waals surface area contributed by atoms with Crippen molar-refractivity contribution in [2.45, 2.75) is 92.9 Å². The number of hydrogen-bond donors (Lipinski definition) is 0. The summed E-state index contributed by atoms with van der Waals surface area (Å²) in [5.74, 6) is 2.52. The molecule has 0 aliphatic carbocycles. The molecule has 0 saturated carbocycles. The smallest absolute Gasteiger partial charge is 0.194 e. The van der Waals surface area contributed by atoms with Crippen LogP contribution in [0.15, 0.2) is 10.6 Å². The van der Waals surface area contributed by atoms with Crippen LogP contribution in [-0.4, -0.2) is 4.98 Å². The van der Waals surface area contributed by atoms with Gasteiger partial charge in [-0.25, -0.2) is 4.98 Å². The first-order valence-electron chi connectivity index (χ1n) is 8.55. The molecule has 0 spiro atoms. The second-order valence-electron chi connectivity index (χ2n) is 8.81. The largest absolute Gasteiger partial charge is 0.445 e. The topological polar surface area (TPSA) is 26.0 Å². The fourth-order valence-electron chi connectivity index (χ4n) is 2.64. The number of nitrogens with zero attached hydrogens (tertiary/aromatic N) is 1. The quantitative estimate of drug-likeness (QED) is 0.546. The van der Waals surface area contributed by atoms with Crippen molar-refractivity contribution in [2.24, 2.45) is 10.8 Å². The molecule has 2 heteroatoms. The zero-order valence-electron chi connectivity index (χ0n) is 15.3. The van der Waals surface area contributed by atoms with Gasteiger partial charge in [0.15, 0.2) is 5.89 Å². The van der Waals surface area contributed by atoms with Gasteiger partial charge in [0.25, 0.3) is 0 Å². The van der Waals surface area contributed by atoms with E-state index in [-0.39, 0.29) is 5.41 Å². The third-order valence-electron chi connectivity index (χ3n) is 3.88.